The van der Waals surface area contributed by atoms with Crippen LogP contribution in [0.1, 0.15) is 37.0 Å². The average Bonchev–Trinajstić information content (AvgIpc) is 2.56. The van der Waals surface area contributed by atoms with Gasteiger partial charge in [0.1, 0.15) is 5.82 Å². The third kappa shape index (κ3) is 2.01. The average molecular weight is 247 g/mol. The Hall–Kier alpha value is -2.11. The smallest absolute Gasteiger partial charge is 0.253 e. The lowest BCUT2D eigenvalue weighted by Crippen LogP contribution is -2.16. The summed E-state index contributed by atoms with van der Waals surface area (Å²) in [5, 5.41) is 4.30. The summed E-state index contributed by atoms with van der Waals surface area (Å²) in [5.74, 6) is 1.29. The molecule has 0 radical (unpaired) electrons. The largest absolute Gasteiger partial charge is 0.396 e. The molecular weight excluding hydrogens is 230 g/mol. The quantitative estimate of drug-likeness (QED) is 0.836. The van der Waals surface area contributed by atoms with Gasteiger partial charge in [0.2, 0.25) is 0 Å². The van der Waals surface area contributed by atoms with Crippen molar-refractivity contribution >= 4 is 5.69 Å². The molecule has 0 saturated carbocycles. The molecule has 96 valence electrons. The molecule has 0 unspecified atom stereocenters. The van der Waals surface area contributed by atoms with E-state index in [4.69, 9.17) is 5.73 Å². The van der Waals surface area contributed by atoms with Crippen LogP contribution in [0.3, 0.4) is 0 Å². The molecule has 0 spiro atoms. The molecule has 0 aromatic carbocycles. The summed E-state index contributed by atoms with van der Waals surface area (Å²) in [7, 11) is 0. The van der Waals surface area contributed by atoms with Crippen LogP contribution in [0.25, 0.3) is 5.82 Å². The Morgan fingerprint density at radius 2 is 2.06 bits per heavy atom. The van der Waals surface area contributed by atoms with Crippen LogP contribution in [0.5, 0.6) is 0 Å². The molecule has 2 rings (SSSR count). The fourth-order valence-corrected chi connectivity index (χ4v) is 1.72. The van der Waals surface area contributed by atoms with Crippen LogP contribution in [0.15, 0.2) is 10.9 Å². The van der Waals surface area contributed by atoms with Crippen molar-refractivity contribution in [3.05, 3.63) is 33.6 Å². The van der Waals surface area contributed by atoms with E-state index in [9.17, 15) is 4.79 Å². The molecule has 0 saturated heterocycles. The molecular formula is C12H17N5O. The van der Waals surface area contributed by atoms with Crippen LogP contribution >= 0.6 is 0 Å². The van der Waals surface area contributed by atoms with Gasteiger partial charge in [-0.1, -0.05) is 13.8 Å². The summed E-state index contributed by atoms with van der Waals surface area (Å²) in [5.41, 5.74) is 7.85. The highest BCUT2D eigenvalue weighted by Gasteiger charge is 2.13. The topological polar surface area (TPSA) is 89.6 Å². The second-order valence-corrected chi connectivity index (χ2v) is 4.64. The van der Waals surface area contributed by atoms with Gasteiger partial charge in [-0.25, -0.2) is 9.67 Å². The predicted molar refractivity (Wildman–Crippen MR) is 70.0 cm³/mol. The van der Waals surface area contributed by atoms with Crippen LogP contribution in [0.4, 0.5) is 5.69 Å². The highest BCUT2D eigenvalue weighted by atomic mass is 16.1. The summed E-state index contributed by atoms with van der Waals surface area (Å²) in [6.45, 7) is 7.62. The Bertz CT molecular complexity index is 638. The number of nitrogen functional groups attached to an aromatic ring is 1. The van der Waals surface area contributed by atoms with Gasteiger partial charge >= 0.3 is 0 Å². The van der Waals surface area contributed by atoms with Crippen molar-refractivity contribution in [2.24, 2.45) is 0 Å². The molecule has 2 aromatic rings. The van der Waals surface area contributed by atoms with E-state index in [0.29, 0.717) is 17.3 Å². The summed E-state index contributed by atoms with van der Waals surface area (Å²) >= 11 is 0. The van der Waals surface area contributed by atoms with Gasteiger partial charge in [-0.3, -0.25) is 4.79 Å². The maximum Gasteiger partial charge on any atom is 0.253 e. The molecule has 6 heteroatoms. The number of hydrogen-bond donors (Lipinski definition) is 2. The molecule has 0 aliphatic heterocycles. The summed E-state index contributed by atoms with van der Waals surface area (Å²) in [4.78, 5) is 18.8. The molecule has 0 bridgehead atoms. The Morgan fingerprint density at radius 1 is 1.39 bits per heavy atom. The fraction of sp³-hybridized carbons (Fsp3) is 0.417. The van der Waals surface area contributed by atoms with Crippen LogP contribution in [0.2, 0.25) is 0 Å². The number of hydrogen-bond acceptors (Lipinski definition) is 4. The van der Waals surface area contributed by atoms with Gasteiger partial charge in [-0.05, 0) is 13.8 Å². The van der Waals surface area contributed by atoms with Gasteiger partial charge < -0.3 is 10.7 Å². The van der Waals surface area contributed by atoms with Crippen molar-refractivity contribution in [3.8, 4) is 5.82 Å². The number of nitrogens with zero attached hydrogens (tertiary/aromatic N) is 3. The van der Waals surface area contributed by atoms with Gasteiger partial charge in [0.15, 0.2) is 5.82 Å². The van der Waals surface area contributed by atoms with Crippen molar-refractivity contribution in [3.63, 3.8) is 0 Å². The van der Waals surface area contributed by atoms with Gasteiger partial charge in [-0.2, -0.15) is 5.10 Å². The van der Waals surface area contributed by atoms with E-state index in [1.54, 1.807) is 4.68 Å². The van der Waals surface area contributed by atoms with E-state index in [-0.39, 0.29) is 11.5 Å². The van der Waals surface area contributed by atoms with E-state index in [1.165, 1.54) is 6.07 Å². The highest BCUT2D eigenvalue weighted by Crippen LogP contribution is 2.18. The summed E-state index contributed by atoms with van der Waals surface area (Å²) in [6.07, 6.45) is 0. The number of rotatable bonds is 2. The van der Waals surface area contributed by atoms with Crippen molar-refractivity contribution in [1.82, 2.24) is 19.7 Å². The van der Waals surface area contributed by atoms with Crippen molar-refractivity contribution in [1.29, 1.82) is 0 Å². The number of nitrogens with two attached hydrogens (primary N) is 1. The van der Waals surface area contributed by atoms with Crippen LogP contribution < -0.4 is 11.3 Å². The minimum absolute atomic E-state index is 0.145. The lowest BCUT2D eigenvalue weighted by atomic mass is 10.2. The lowest BCUT2D eigenvalue weighted by molar-refractivity contribution is 0.728. The van der Waals surface area contributed by atoms with E-state index in [2.05, 4.69) is 15.1 Å². The maximum atomic E-state index is 11.6. The molecule has 0 aliphatic carbocycles. The number of aromatic nitrogens is 4. The molecule has 18 heavy (non-hydrogen) atoms. The van der Waals surface area contributed by atoms with E-state index < -0.39 is 0 Å². The summed E-state index contributed by atoms with van der Waals surface area (Å²) in [6, 6.07) is 1.42. The highest BCUT2D eigenvalue weighted by molar-refractivity contribution is 5.49. The first-order valence-corrected chi connectivity index (χ1v) is 5.83. The van der Waals surface area contributed by atoms with Gasteiger partial charge in [0.25, 0.3) is 5.56 Å². The van der Waals surface area contributed by atoms with Gasteiger partial charge in [0.05, 0.1) is 17.1 Å². The minimum atomic E-state index is -0.185. The Morgan fingerprint density at radius 3 is 2.56 bits per heavy atom. The van der Waals surface area contributed by atoms with Crippen molar-refractivity contribution in [2.75, 3.05) is 5.73 Å². The lowest BCUT2D eigenvalue weighted by Gasteiger charge is -2.07. The second-order valence-electron chi connectivity index (χ2n) is 4.64. The number of aryl methyl sites for hydroxylation is 1. The number of aromatic amines is 1. The Kier molecular flexibility index (Phi) is 2.94. The zero-order chi connectivity index (χ0) is 13.4. The van der Waals surface area contributed by atoms with Gasteiger partial charge in [0, 0.05) is 12.0 Å². The zero-order valence-electron chi connectivity index (χ0n) is 11.0. The molecule has 0 fully saturated rings. The molecule has 0 atom stereocenters. The normalized spacial score (nSPS) is 11.2. The predicted octanol–water partition coefficient (Wildman–Crippen LogP) is 1.28. The van der Waals surface area contributed by atoms with E-state index >= 15 is 0 Å². The van der Waals surface area contributed by atoms with E-state index in [1.807, 2.05) is 27.7 Å². The van der Waals surface area contributed by atoms with Crippen molar-refractivity contribution < 1.29 is 0 Å². The zero-order valence-corrected chi connectivity index (χ0v) is 11.0. The van der Waals surface area contributed by atoms with Gasteiger partial charge in [-0.15, -0.1) is 0 Å². The molecule has 0 aliphatic rings. The monoisotopic (exact) mass is 247 g/mol. The SMILES string of the molecule is Cc1nn(-c2cc(=O)[nH]c(C(C)C)n2)c(C)c1N. The maximum absolute atomic E-state index is 11.6. The van der Waals surface area contributed by atoms with Crippen LogP contribution in [-0.2, 0) is 0 Å². The first-order chi connectivity index (χ1) is 8.40. The molecule has 2 aromatic heterocycles. The number of H-pyrrole nitrogens is 1. The third-order valence-corrected chi connectivity index (χ3v) is 2.86. The Labute approximate surface area is 105 Å². The minimum Gasteiger partial charge on any atom is -0.396 e. The van der Waals surface area contributed by atoms with Crippen molar-refractivity contribution in [2.45, 2.75) is 33.6 Å². The number of anilines is 1. The molecule has 3 N–H and O–H groups in total. The Balaban J connectivity index is 2.64. The molecule has 6 nitrogen and oxygen atoms in total. The standard InChI is InChI=1S/C12H17N5O/c1-6(2)12-14-9(5-10(18)15-12)17-8(4)11(13)7(3)16-17/h5-6H,13H2,1-4H3,(H,14,15,18). The molecule has 2 heterocycles. The second kappa shape index (κ2) is 4.29. The first kappa shape index (κ1) is 12.3. The fourth-order valence-electron chi connectivity index (χ4n) is 1.72. The van der Waals surface area contributed by atoms with Crippen LogP contribution in [0, 0.1) is 13.8 Å². The summed E-state index contributed by atoms with van der Waals surface area (Å²) < 4.78 is 1.60. The molecule has 0 amide bonds. The third-order valence-electron chi connectivity index (χ3n) is 2.86. The van der Waals surface area contributed by atoms with Crippen LogP contribution in [-0.4, -0.2) is 19.7 Å². The van der Waals surface area contributed by atoms with E-state index in [0.717, 1.165) is 11.4 Å². The number of nitrogens with one attached hydrogen (secondary N) is 1. The first-order valence-electron chi connectivity index (χ1n) is 5.83.